The highest BCUT2D eigenvalue weighted by Crippen LogP contribution is 2.30. The lowest BCUT2D eigenvalue weighted by molar-refractivity contribution is -0.122. The third kappa shape index (κ3) is 8.61. The molecule has 0 bridgehead atoms. The van der Waals surface area contributed by atoms with Crippen LogP contribution < -0.4 is 10.6 Å². The molecule has 1 aliphatic carbocycles. The van der Waals surface area contributed by atoms with Crippen LogP contribution in [-0.4, -0.2) is 36.2 Å². The molecule has 1 aliphatic heterocycles. The van der Waals surface area contributed by atoms with Crippen molar-refractivity contribution in [2.45, 2.75) is 38.8 Å². The van der Waals surface area contributed by atoms with Crippen molar-refractivity contribution in [3.8, 4) is 0 Å². The molecule has 0 saturated carbocycles. The topological polar surface area (TPSA) is 106 Å². The first kappa shape index (κ1) is 28.7. The number of benzene rings is 2. The summed E-state index contributed by atoms with van der Waals surface area (Å²) in [5.74, 6) is 0.917. The third-order valence-electron chi connectivity index (χ3n) is 5.76. The minimum atomic E-state index is -0.171. The van der Waals surface area contributed by atoms with Gasteiger partial charge in [0.05, 0.1) is 12.3 Å². The summed E-state index contributed by atoms with van der Waals surface area (Å²) in [6, 6.07) is 18.6. The first-order valence-corrected chi connectivity index (χ1v) is 11.8. The zero-order valence-corrected chi connectivity index (χ0v) is 20.8. The van der Waals surface area contributed by atoms with Gasteiger partial charge in [0.15, 0.2) is 0 Å². The van der Waals surface area contributed by atoms with E-state index in [1.165, 1.54) is 28.8 Å². The molecular weight excluding hydrogens is 459 g/mol. The second-order valence-electron chi connectivity index (χ2n) is 8.44. The van der Waals surface area contributed by atoms with Crippen LogP contribution in [0.15, 0.2) is 89.1 Å². The Morgan fingerprint density at radius 1 is 1.14 bits per heavy atom. The summed E-state index contributed by atoms with van der Waals surface area (Å²) in [4.78, 5) is 12.1. The van der Waals surface area contributed by atoms with Crippen molar-refractivity contribution in [2.75, 3.05) is 13.7 Å². The van der Waals surface area contributed by atoms with Crippen molar-refractivity contribution in [2.24, 2.45) is 0 Å². The number of furan rings is 1. The minimum Gasteiger partial charge on any atom is -0.469 e. The number of nitrogens with one attached hydrogen (secondary N) is 2. The van der Waals surface area contributed by atoms with Crippen LogP contribution in [0.1, 0.15) is 36.7 Å². The maximum atomic E-state index is 12.1. The Morgan fingerprint density at radius 2 is 1.89 bits per heavy atom. The highest BCUT2D eigenvalue weighted by molar-refractivity contribution is 5.84. The summed E-state index contributed by atoms with van der Waals surface area (Å²) >= 11 is 0. The van der Waals surface area contributed by atoms with Gasteiger partial charge >= 0.3 is 0 Å². The molecule has 2 aromatic carbocycles. The predicted molar refractivity (Wildman–Crippen MR) is 143 cm³/mol. The molecule has 1 unspecified atom stereocenters. The minimum absolute atomic E-state index is 0. The van der Waals surface area contributed by atoms with E-state index in [0.29, 0.717) is 6.54 Å². The number of aryl methyl sites for hydroxylation is 1. The molecule has 1 amide bonds. The monoisotopic (exact) mass is 496 g/mol. The Kier molecular flexibility index (Phi) is 11.8. The number of rotatable bonds is 6. The summed E-state index contributed by atoms with van der Waals surface area (Å²) in [5.41, 5.74) is 5.90. The number of carbonyl (C=O) groups is 1. The summed E-state index contributed by atoms with van der Waals surface area (Å²) in [6.07, 6.45) is 8.94. The molecule has 1 saturated heterocycles. The van der Waals surface area contributed by atoms with Crippen LogP contribution in [0.5, 0.6) is 0 Å². The van der Waals surface area contributed by atoms with Crippen molar-refractivity contribution < 1.29 is 25.6 Å². The molecule has 6 nitrogen and oxygen atoms in total. The molecule has 2 heterocycles. The molecule has 5 rings (SSSR count). The number of aliphatic hydroxyl groups excluding tert-OH is 1. The lowest BCUT2D eigenvalue weighted by Crippen LogP contribution is -2.40. The van der Waals surface area contributed by atoms with Crippen LogP contribution in [0, 0.1) is 12.7 Å². The Labute approximate surface area is 213 Å². The second-order valence-corrected chi connectivity index (χ2v) is 8.44. The molecule has 5 N–H and O–H groups in total. The number of hydrogen-bond donors (Lipinski definition) is 3. The SMILES string of the molecule is CO.Cc1ccc(F)cc1.O.O=C(NCc1cccc(C2=CC(Cc3ccco3)=C2)c1)C1CCCN1.[HH]. The van der Waals surface area contributed by atoms with Gasteiger partial charge in [0.2, 0.25) is 5.91 Å². The van der Waals surface area contributed by atoms with Gasteiger partial charge in [-0.05, 0) is 78.9 Å². The summed E-state index contributed by atoms with van der Waals surface area (Å²) in [5, 5.41) is 13.3. The molecule has 194 valence electrons. The number of halogens is 1. The molecule has 2 aliphatic rings. The average molecular weight is 497 g/mol. The largest absolute Gasteiger partial charge is 0.469 e. The van der Waals surface area contributed by atoms with Crippen LogP contribution in [0.25, 0.3) is 5.57 Å². The van der Waals surface area contributed by atoms with Gasteiger partial charge in [-0.2, -0.15) is 0 Å². The molecule has 1 atom stereocenters. The molecule has 0 radical (unpaired) electrons. The Bertz CT molecular complexity index is 1120. The first-order valence-electron chi connectivity index (χ1n) is 11.8. The maximum Gasteiger partial charge on any atom is 0.237 e. The number of allylic oxidation sites excluding steroid dienone is 4. The van der Waals surface area contributed by atoms with Gasteiger partial charge in [0.25, 0.3) is 0 Å². The third-order valence-corrected chi connectivity index (χ3v) is 5.76. The first-order chi connectivity index (χ1) is 17.1. The second kappa shape index (κ2) is 14.8. The van der Waals surface area contributed by atoms with E-state index >= 15 is 0 Å². The summed E-state index contributed by atoms with van der Waals surface area (Å²) < 4.78 is 17.5. The van der Waals surface area contributed by atoms with Gasteiger partial charge in [-0.1, -0.05) is 48.0 Å². The number of hydrogen-bond acceptors (Lipinski definition) is 4. The number of amides is 1. The average Bonchev–Trinajstić information content (AvgIpc) is 3.58. The van der Waals surface area contributed by atoms with Crippen molar-refractivity contribution in [3.05, 3.63) is 113 Å². The van der Waals surface area contributed by atoms with E-state index in [0.717, 1.165) is 49.8 Å². The molecule has 1 fully saturated rings. The zero-order valence-electron chi connectivity index (χ0n) is 20.8. The van der Waals surface area contributed by atoms with Gasteiger partial charge in [0, 0.05) is 21.5 Å². The highest BCUT2D eigenvalue weighted by atomic mass is 19.1. The van der Waals surface area contributed by atoms with Crippen LogP contribution in [0.2, 0.25) is 0 Å². The zero-order chi connectivity index (χ0) is 25.0. The van der Waals surface area contributed by atoms with Gasteiger partial charge in [0.1, 0.15) is 11.6 Å². The van der Waals surface area contributed by atoms with Crippen LogP contribution in [0.3, 0.4) is 0 Å². The van der Waals surface area contributed by atoms with Gasteiger partial charge in [-0.15, -0.1) is 0 Å². The lowest BCUT2D eigenvalue weighted by atomic mass is 9.90. The fourth-order valence-corrected chi connectivity index (χ4v) is 3.88. The van der Waals surface area contributed by atoms with Crippen LogP contribution in [0.4, 0.5) is 4.39 Å². The van der Waals surface area contributed by atoms with Crippen LogP contribution in [-0.2, 0) is 17.8 Å². The van der Waals surface area contributed by atoms with E-state index < -0.39 is 0 Å². The van der Waals surface area contributed by atoms with Gasteiger partial charge in [-0.25, -0.2) is 4.39 Å². The van der Waals surface area contributed by atoms with E-state index in [2.05, 4.69) is 41.0 Å². The van der Waals surface area contributed by atoms with Crippen molar-refractivity contribution in [1.29, 1.82) is 0 Å². The smallest absolute Gasteiger partial charge is 0.237 e. The molecule has 36 heavy (non-hydrogen) atoms. The molecular formula is C29H37FN2O4. The van der Waals surface area contributed by atoms with E-state index in [1.807, 2.05) is 25.1 Å². The van der Waals surface area contributed by atoms with E-state index in [4.69, 9.17) is 9.52 Å². The van der Waals surface area contributed by atoms with Crippen molar-refractivity contribution in [3.63, 3.8) is 0 Å². The van der Waals surface area contributed by atoms with Gasteiger partial charge < -0.3 is 25.6 Å². The fraction of sp³-hybridized carbons (Fsp3) is 0.276. The Morgan fingerprint density at radius 3 is 2.50 bits per heavy atom. The highest BCUT2D eigenvalue weighted by Gasteiger charge is 2.21. The maximum absolute atomic E-state index is 12.1. The molecule has 7 heteroatoms. The van der Waals surface area contributed by atoms with E-state index in [-0.39, 0.29) is 24.7 Å². The molecule has 1 aromatic heterocycles. The molecule has 3 aromatic rings. The lowest BCUT2D eigenvalue weighted by Gasteiger charge is -2.16. The van der Waals surface area contributed by atoms with E-state index in [1.54, 1.807) is 18.4 Å². The fourth-order valence-electron chi connectivity index (χ4n) is 3.88. The normalized spacial score (nSPS) is 15.5. The molecule has 0 spiro atoms. The summed E-state index contributed by atoms with van der Waals surface area (Å²) in [7, 11) is 1.00. The van der Waals surface area contributed by atoms with Gasteiger partial charge in [-0.3, -0.25) is 4.79 Å². The number of carbonyl (C=O) groups excluding carboxylic acids is 1. The van der Waals surface area contributed by atoms with Crippen LogP contribution >= 0.6 is 0 Å². The quantitative estimate of drug-likeness (QED) is 0.471. The Hall–Kier alpha value is -3.52. The van der Waals surface area contributed by atoms with Crippen molar-refractivity contribution >= 4 is 11.5 Å². The standard InChI is InChI=1S/C21H22N2O2.C7H7F.CH4O.H2O.H2/c24-21(20-7-2-8-22-20)23-14-15-4-1-5-17(10-15)18-11-16(12-18)13-19-6-3-9-25-19;1-6-2-4-7(8)5-3-6;1-2;;/h1,3-6,9-12,20,22H,2,7-8,13-14H2,(H,23,24);2-5H,1H3;2H,1H3;1H2;1H. The predicted octanol–water partition coefficient (Wildman–Crippen LogP) is 4.38. The van der Waals surface area contributed by atoms with E-state index in [9.17, 15) is 9.18 Å². The summed E-state index contributed by atoms with van der Waals surface area (Å²) in [6.45, 7) is 3.44. The Balaban J connectivity index is 0.000000488. The van der Waals surface area contributed by atoms with Crippen molar-refractivity contribution in [1.82, 2.24) is 10.6 Å². The number of aliphatic hydroxyl groups is 1.